The van der Waals surface area contributed by atoms with Crippen LogP contribution in [0.5, 0.6) is 11.5 Å². The van der Waals surface area contributed by atoms with Gasteiger partial charge in [-0.3, -0.25) is 0 Å². The molecule has 3 aromatic rings. The molecule has 8 nitrogen and oxygen atoms in total. The Morgan fingerprint density at radius 1 is 1.18 bits per heavy atom. The lowest BCUT2D eigenvalue weighted by Gasteiger charge is -2.39. The van der Waals surface area contributed by atoms with Gasteiger partial charge in [-0.15, -0.1) is 0 Å². The van der Waals surface area contributed by atoms with Gasteiger partial charge in [0.1, 0.15) is 18.2 Å². The fourth-order valence-electron chi connectivity index (χ4n) is 5.75. The maximum absolute atomic E-state index is 16.1. The monoisotopic (exact) mass is 573 g/mol. The number of rotatable bonds is 7. The summed E-state index contributed by atoms with van der Waals surface area (Å²) in [5.74, 6) is -3.05. The minimum atomic E-state index is -1.28. The van der Waals surface area contributed by atoms with Gasteiger partial charge in [-0.2, -0.15) is 0 Å². The van der Waals surface area contributed by atoms with Crippen LogP contribution < -0.4 is 9.47 Å². The largest absolute Gasteiger partial charge is 0.488 e. The smallest absolute Gasteiger partial charge is 0.407 e. The highest BCUT2D eigenvalue weighted by Crippen LogP contribution is 2.53. The molecule has 0 aromatic heterocycles. The summed E-state index contributed by atoms with van der Waals surface area (Å²) in [5, 5.41) is 18.7. The summed E-state index contributed by atoms with van der Waals surface area (Å²) in [5.41, 5.74) is -1.02. The number of fused-ring (bicyclic) bond motifs is 1. The number of carbonyl (C=O) groups is 2. The van der Waals surface area contributed by atoms with Crippen LogP contribution in [0.15, 0.2) is 48.5 Å². The molecule has 0 radical (unpaired) electrons. The number of nitrogens with zero attached hydrogens (tertiary/aromatic N) is 1. The summed E-state index contributed by atoms with van der Waals surface area (Å²) in [7, 11) is 1.13. The highest BCUT2D eigenvalue weighted by Gasteiger charge is 2.54. The Bertz CT molecular complexity index is 1470. The van der Waals surface area contributed by atoms with Crippen molar-refractivity contribution in [2.45, 2.75) is 30.9 Å². The average Bonchev–Trinajstić information content (AvgIpc) is 3.60. The van der Waals surface area contributed by atoms with Crippen molar-refractivity contribution in [1.29, 1.82) is 0 Å². The number of benzene rings is 3. The highest BCUT2D eigenvalue weighted by atomic mass is 35.5. The van der Waals surface area contributed by atoms with Crippen LogP contribution in [0.4, 0.5) is 13.6 Å². The molecule has 11 heteroatoms. The van der Waals surface area contributed by atoms with Gasteiger partial charge < -0.3 is 29.3 Å². The van der Waals surface area contributed by atoms with E-state index < -0.39 is 47.0 Å². The van der Waals surface area contributed by atoms with Crippen molar-refractivity contribution in [3.8, 4) is 22.6 Å². The number of ether oxygens (including phenoxy) is 3. The van der Waals surface area contributed by atoms with Crippen molar-refractivity contribution in [3.63, 3.8) is 0 Å². The van der Waals surface area contributed by atoms with Crippen LogP contribution in [0, 0.1) is 11.6 Å². The second-order valence-corrected chi connectivity index (χ2v) is 9.93. The lowest BCUT2D eigenvalue weighted by atomic mass is 9.79. The number of carbonyl (C=O) groups excluding carboxylic acids is 1. The highest BCUT2D eigenvalue weighted by molar-refractivity contribution is 6.34. The first-order valence-electron chi connectivity index (χ1n) is 12.6. The Morgan fingerprint density at radius 2 is 1.93 bits per heavy atom. The van der Waals surface area contributed by atoms with E-state index in [9.17, 15) is 14.7 Å². The Labute approximate surface area is 233 Å². The summed E-state index contributed by atoms with van der Waals surface area (Å²) in [4.78, 5) is 26.2. The molecule has 5 rings (SSSR count). The Morgan fingerprint density at radius 3 is 2.60 bits per heavy atom. The van der Waals surface area contributed by atoms with Gasteiger partial charge in [0.05, 0.1) is 30.3 Å². The molecule has 2 N–H and O–H groups in total. The van der Waals surface area contributed by atoms with Gasteiger partial charge in [-0.1, -0.05) is 41.9 Å². The number of aliphatic hydroxyl groups is 1. The van der Waals surface area contributed by atoms with Crippen LogP contribution >= 0.6 is 11.6 Å². The van der Waals surface area contributed by atoms with E-state index >= 15 is 8.78 Å². The standard InChI is InChI=1S/C29H26ClF2NO7/c1-38-27(35)17-9-10-20(39-13-12-34)26(32)24(17)23-18-15-29(16-6-3-2-4-7-16,22-8-5-11-33(22)28(36)37)40-21(18)14-19(31)25(23)30/h2-4,6-7,9-10,14,22,34H,5,8,11-13,15H2,1H3,(H,36,37)/t22-,29-/m0/s1. The number of carboxylic acid groups (broad SMARTS) is 1. The van der Waals surface area contributed by atoms with E-state index in [1.54, 1.807) is 30.3 Å². The molecule has 0 unspecified atom stereocenters. The third-order valence-electron chi connectivity index (χ3n) is 7.43. The van der Waals surface area contributed by atoms with E-state index in [2.05, 4.69) is 0 Å². The van der Waals surface area contributed by atoms with Crippen molar-refractivity contribution in [2.75, 3.05) is 26.9 Å². The predicted octanol–water partition coefficient (Wildman–Crippen LogP) is 5.42. The molecule has 0 bridgehead atoms. The number of methoxy groups -OCH3 is 1. The lowest BCUT2D eigenvalue weighted by Crippen LogP contribution is -2.52. The van der Waals surface area contributed by atoms with Crippen molar-refractivity contribution < 1.29 is 42.8 Å². The quantitative estimate of drug-likeness (QED) is 0.364. The number of aliphatic hydroxyl groups excluding tert-OH is 1. The Kier molecular flexibility index (Phi) is 7.57. The van der Waals surface area contributed by atoms with E-state index in [0.717, 1.165) is 13.2 Å². The first-order chi connectivity index (χ1) is 19.2. The molecule has 2 heterocycles. The van der Waals surface area contributed by atoms with E-state index in [1.165, 1.54) is 17.0 Å². The molecule has 210 valence electrons. The fourth-order valence-corrected chi connectivity index (χ4v) is 6.01. The third kappa shape index (κ3) is 4.50. The first-order valence-corrected chi connectivity index (χ1v) is 13.0. The van der Waals surface area contributed by atoms with E-state index in [4.69, 9.17) is 30.9 Å². The van der Waals surface area contributed by atoms with E-state index in [-0.39, 0.29) is 41.2 Å². The molecule has 0 aliphatic carbocycles. The lowest BCUT2D eigenvalue weighted by molar-refractivity contribution is 0.00693. The van der Waals surface area contributed by atoms with Crippen molar-refractivity contribution >= 4 is 23.7 Å². The molecule has 1 amide bonds. The number of halogens is 3. The molecule has 40 heavy (non-hydrogen) atoms. The molecule has 2 aliphatic rings. The van der Waals surface area contributed by atoms with Gasteiger partial charge in [0.15, 0.2) is 17.2 Å². The molecule has 0 spiro atoms. The SMILES string of the molecule is COC(=O)c1ccc(OCCO)c(F)c1-c1c(Cl)c(F)cc2c1C[C@](c1ccccc1)([C@@H]1CCCN1C(=O)O)O2. The van der Waals surface area contributed by atoms with Crippen LogP contribution in [0.3, 0.4) is 0 Å². The Balaban J connectivity index is 1.76. The summed E-state index contributed by atoms with van der Waals surface area (Å²) in [6.45, 7) is -0.323. The predicted molar refractivity (Wildman–Crippen MR) is 141 cm³/mol. The van der Waals surface area contributed by atoms with Gasteiger partial charge in [0, 0.05) is 35.7 Å². The van der Waals surface area contributed by atoms with Crippen LogP contribution in [-0.2, 0) is 16.8 Å². The molecule has 1 saturated heterocycles. The second-order valence-electron chi connectivity index (χ2n) is 9.56. The second kappa shape index (κ2) is 10.9. The van der Waals surface area contributed by atoms with Gasteiger partial charge in [0.2, 0.25) is 0 Å². The zero-order valence-corrected chi connectivity index (χ0v) is 22.2. The molecular weight excluding hydrogens is 548 g/mol. The maximum atomic E-state index is 16.1. The molecule has 1 fully saturated rings. The zero-order chi connectivity index (χ0) is 28.6. The van der Waals surface area contributed by atoms with Crippen LogP contribution in [0.25, 0.3) is 11.1 Å². The van der Waals surface area contributed by atoms with Crippen molar-refractivity contribution in [1.82, 2.24) is 4.90 Å². The zero-order valence-electron chi connectivity index (χ0n) is 21.5. The molecule has 0 saturated carbocycles. The van der Waals surface area contributed by atoms with Gasteiger partial charge in [0.25, 0.3) is 0 Å². The average molecular weight is 574 g/mol. The van der Waals surface area contributed by atoms with E-state index in [0.29, 0.717) is 30.5 Å². The van der Waals surface area contributed by atoms with Crippen LogP contribution in [0.2, 0.25) is 5.02 Å². The Hall–Kier alpha value is -3.89. The topological polar surface area (TPSA) is 106 Å². The molecule has 2 aliphatic heterocycles. The minimum Gasteiger partial charge on any atom is -0.488 e. The van der Waals surface area contributed by atoms with Crippen LogP contribution in [0.1, 0.15) is 34.3 Å². The number of hydrogen-bond acceptors (Lipinski definition) is 6. The first kappa shape index (κ1) is 27.7. The molecular formula is C29H26ClF2NO7. The summed E-state index contributed by atoms with van der Waals surface area (Å²) in [6.07, 6.45) is -0.0294. The van der Waals surface area contributed by atoms with E-state index in [1.807, 2.05) is 0 Å². The van der Waals surface area contributed by atoms with Gasteiger partial charge in [-0.05, 0) is 30.5 Å². The van der Waals surface area contributed by atoms with Gasteiger partial charge >= 0.3 is 12.1 Å². The summed E-state index contributed by atoms with van der Waals surface area (Å²) in [6, 6.07) is 11.9. The number of amides is 1. The van der Waals surface area contributed by atoms with Gasteiger partial charge in [-0.25, -0.2) is 18.4 Å². The van der Waals surface area contributed by atoms with Crippen molar-refractivity contribution in [3.05, 3.63) is 81.9 Å². The minimum absolute atomic E-state index is 0.0118. The number of esters is 1. The normalized spacial score (nSPS) is 19.7. The molecule has 2 atom stereocenters. The third-order valence-corrected chi connectivity index (χ3v) is 7.80. The maximum Gasteiger partial charge on any atom is 0.407 e. The summed E-state index contributed by atoms with van der Waals surface area (Å²) < 4.78 is 48.2. The number of hydrogen-bond donors (Lipinski definition) is 2. The fraction of sp³-hybridized carbons (Fsp3) is 0.310. The van der Waals surface area contributed by atoms with Crippen molar-refractivity contribution in [2.24, 2.45) is 0 Å². The van der Waals surface area contributed by atoms with Crippen LogP contribution in [-0.4, -0.2) is 60.1 Å². The number of likely N-dealkylation sites (tertiary alicyclic amines) is 1. The molecule has 3 aromatic carbocycles. The summed E-state index contributed by atoms with van der Waals surface area (Å²) >= 11 is 6.50.